The van der Waals surface area contributed by atoms with Crippen LogP contribution in [0.2, 0.25) is 0 Å². The molecule has 25 heavy (non-hydrogen) atoms. The molecule has 1 atom stereocenters. The second-order valence-corrected chi connectivity index (χ2v) is 5.87. The third kappa shape index (κ3) is 3.20. The van der Waals surface area contributed by atoms with Crippen molar-refractivity contribution in [2.75, 3.05) is 20.2 Å². The van der Waals surface area contributed by atoms with Gasteiger partial charge in [-0.05, 0) is 35.9 Å². The third-order valence-corrected chi connectivity index (χ3v) is 4.01. The normalized spacial score (nSPS) is 16.1. The molecule has 2 N–H and O–H groups in total. The van der Waals surface area contributed by atoms with Gasteiger partial charge in [-0.25, -0.2) is 0 Å². The summed E-state index contributed by atoms with van der Waals surface area (Å²) < 4.78 is 21.2. The number of ether oxygens (including phenoxy) is 4. The Morgan fingerprint density at radius 2 is 1.52 bits per heavy atom. The highest BCUT2D eigenvalue weighted by Crippen LogP contribution is 2.34. The number of aliphatic hydroxyl groups excluding tert-OH is 1. The minimum atomic E-state index is -1.57. The Morgan fingerprint density at radius 3 is 2.24 bits per heavy atom. The van der Waals surface area contributed by atoms with E-state index in [2.05, 4.69) is 11.8 Å². The van der Waals surface area contributed by atoms with E-state index < -0.39 is 12.2 Å². The Bertz CT molecular complexity index is 866. The Morgan fingerprint density at radius 1 is 0.880 bits per heavy atom. The summed E-state index contributed by atoms with van der Waals surface area (Å²) in [5.74, 6) is 8.23. The zero-order valence-electron chi connectivity index (χ0n) is 13.3. The summed E-state index contributed by atoms with van der Waals surface area (Å²) in [6.07, 6.45) is 0.164. The van der Waals surface area contributed by atoms with Crippen LogP contribution in [0.1, 0.15) is 11.1 Å². The Balaban J connectivity index is 1.55. The van der Waals surface area contributed by atoms with Crippen molar-refractivity contribution >= 4 is 0 Å². The van der Waals surface area contributed by atoms with Crippen LogP contribution in [-0.2, 0) is 6.42 Å². The van der Waals surface area contributed by atoms with E-state index in [-0.39, 0.29) is 20.0 Å². The summed E-state index contributed by atoms with van der Waals surface area (Å²) in [6.45, 7) is -0.108. The lowest BCUT2D eigenvalue weighted by Gasteiger charge is -2.19. The Labute approximate surface area is 144 Å². The number of rotatable bonds is 3. The fourth-order valence-electron chi connectivity index (χ4n) is 2.69. The van der Waals surface area contributed by atoms with Gasteiger partial charge in [-0.2, -0.15) is 0 Å². The summed E-state index contributed by atoms with van der Waals surface area (Å²) in [6, 6.07) is 10.7. The molecule has 2 aliphatic rings. The summed E-state index contributed by atoms with van der Waals surface area (Å²) in [7, 11) is 0. The maximum atomic E-state index is 10.6. The van der Waals surface area contributed by atoms with Crippen molar-refractivity contribution in [1.29, 1.82) is 0 Å². The van der Waals surface area contributed by atoms with Gasteiger partial charge in [-0.3, -0.25) is 0 Å². The maximum absolute atomic E-state index is 10.6. The van der Waals surface area contributed by atoms with E-state index in [4.69, 9.17) is 18.9 Å². The first kappa shape index (κ1) is 15.6. The molecule has 0 fully saturated rings. The molecular weight excluding hydrogens is 324 g/mol. The molecule has 0 aromatic heterocycles. The van der Waals surface area contributed by atoms with Gasteiger partial charge in [0.2, 0.25) is 13.6 Å². The van der Waals surface area contributed by atoms with Crippen LogP contribution in [0.4, 0.5) is 0 Å². The number of benzene rings is 2. The SMILES string of the molecule is OC[C@](O)(C#Cc1ccc2c(c1)OCO2)Cc1ccc2c(c1)OCO2. The summed E-state index contributed by atoms with van der Waals surface area (Å²) in [5, 5.41) is 20.2. The average molecular weight is 340 g/mol. The van der Waals surface area contributed by atoms with Gasteiger partial charge in [-0.1, -0.05) is 17.9 Å². The molecule has 6 heteroatoms. The van der Waals surface area contributed by atoms with Gasteiger partial charge < -0.3 is 29.2 Å². The molecule has 2 aliphatic heterocycles. The minimum Gasteiger partial charge on any atom is -0.454 e. The van der Waals surface area contributed by atoms with Gasteiger partial charge in [0.15, 0.2) is 28.6 Å². The first-order chi connectivity index (χ1) is 12.1. The van der Waals surface area contributed by atoms with Crippen molar-refractivity contribution < 1.29 is 29.2 Å². The van der Waals surface area contributed by atoms with E-state index in [1.165, 1.54) is 0 Å². The van der Waals surface area contributed by atoms with Crippen LogP contribution in [0, 0.1) is 11.8 Å². The fraction of sp³-hybridized carbons (Fsp3) is 0.263. The predicted molar refractivity (Wildman–Crippen MR) is 87.7 cm³/mol. The molecule has 2 aromatic rings. The van der Waals surface area contributed by atoms with E-state index >= 15 is 0 Å². The standard InChI is InChI=1S/C19H16O6/c20-10-19(21,9-14-2-4-16-18(8-14)25-12-23-16)6-5-13-1-3-15-17(7-13)24-11-22-15/h1-4,7-8,20-21H,9-12H2/t19-/m0/s1. The van der Waals surface area contributed by atoms with Gasteiger partial charge in [-0.15, -0.1) is 0 Å². The average Bonchev–Trinajstić information content (AvgIpc) is 3.28. The molecule has 0 bridgehead atoms. The van der Waals surface area contributed by atoms with Crippen molar-refractivity contribution in [3.05, 3.63) is 47.5 Å². The molecule has 2 aromatic carbocycles. The topological polar surface area (TPSA) is 77.4 Å². The lowest BCUT2D eigenvalue weighted by Crippen LogP contribution is -2.34. The number of aliphatic hydroxyl groups is 2. The van der Waals surface area contributed by atoms with E-state index in [1.54, 1.807) is 30.3 Å². The first-order valence-corrected chi connectivity index (χ1v) is 7.80. The highest BCUT2D eigenvalue weighted by atomic mass is 16.7. The zero-order chi connectivity index (χ0) is 17.3. The molecule has 4 rings (SSSR count). The Hall–Kier alpha value is -2.88. The molecule has 0 saturated carbocycles. The number of hydrogen-bond donors (Lipinski definition) is 2. The van der Waals surface area contributed by atoms with Crippen LogP contribution < -0.4 is 18.9 Å². The molecule has 6 nitrogen and oxygen atoms in total. The zero-order valence-corrected chi connectivity index (χ0v) is 13.3. The minimum absolute atomic E-state index is 0.164. The largest absolute Gasteiger partial charge is 0.454 e. The molecule has 0 radical (unpaired) electrons. The van der Waals surface area contributed by atoms with Crippen molar-refractivity contribution in [2.45, 2.75) is 12.0 Å². The molecule has 0 amide bonds. The number of fused-ring (bicyclic) bond motifs is 2. The molecular formula is C19H16O6. The first-order valence-electron chi connectivity index (χ1n) is 7.80. The highest BCUT2D eigenvalue weighted by Gasteiger charge is 2.25. The molecule has 128 valence electrons. The highest BCUT2D eigenvalue weighted by molar-refractivity contribution is 5.50. The monoisotopic (exact) mass is 340 g/mol. The van der Waals surface area contributed by atoms with Gasteiger partial charge >= 0.3 is 0 Å². The van der Waals surface area contributed by atoms with Crippen LogP contribution >= 0.6 is 0 Å². The Kier molecular flexibility index (Phi) is 3.88. The van der Waals surface area contributed by atoms with Gasteiger partial charge in [0.1, 0.15) is 0 Å². The molecule has 0 unspecified atom stereocenters. The lowest BCUT2D eigenvalue weighted by molar-refractivity contribution is 0.0362. The van der Waals surface area contributed by atoms with Crippen LogP contribution in [0.15, 0.2) is 36.4 Å². The lowest BCUT2D eigenvalue weighted by atomic mass is 9.95. The van der Waals surface area contributed by atoms with Crippen molar-refractivity contribution in [2.24, 2.45) is 0 Å². The van der Waals surface area contributed by atoms with Crippen molar-refractivity contribution in [3.63, 3.8) is 0 Å². The van der Waals surface area contributed by atoms with Gasteiger partial charge in [0.05, 0.1) is 6.61 Å². The fourth-order valence-corrected chi connectivity index (χ4v) is 2.69. The van der Waals surface area contributed by atoms with Crippen molar-refractivity contribution in [1.82, 2.24) is 0 Å². The van der Waals surface area contributed by atoms with Gasteiger partial charge in [0, 0.05) is 12.0 Å². The van der Waals surface area contributed by atoms with Crippen LogP contribution in [0.5, 0.6) is 23.0 Å². The quantitative estimate of drug-likeness (QED) is 0.824. The molecule has 0 spiro atoms. The molecule has 0 aliphatic carbocycles. The summed E-state index contributed by atoms with van der Waals surface area (Å²) in [4.78, 5) is 0. The van der Waals surface area contributed by atoms with Crippen LogP contribution in [-0.4, -0.2) is 36.0 Å². The summed E-state index contributed by atoms with van der Waals surface area (Å²) >= 11 is 0. The van der Waals surface area contributed by atoms with E-state index in [9.17, 15) is 10.2 Å². The smallest absolute Gasteiger partial charge is 0.231 e. The van der Waals surface area contributed by atoms with Crippen molar-refractivity contribution in [3.8, 4) is 34.8 Å². The maximum Gasteiger partial charge on any atom is 0.231 e. The third-order valence-electron chi connectivity index (χ3n) is 4.01. The van der Waals surface area contributed by atoms with Crippen LogP contribution in [0.25, 0.3) is 0 Å². The second-order valence-electron chi connectivity index (χ2n) is 5.87. The molecule has 2 heterocycles. The van der Waals surface area contributed by atoms with E-state index in [1.807, 2.05) is 6.07 Å². The van der Waals surface area contributed by atoms with E-state index in [0.29, 0.717) is 28.6 Å². The second kappa shape index (κ2) is 6.20. The number of hydrogen-bond acceptors (Lipinski definition) is 6. The van der Waals surface area contributed by atoms with E-state index in [0.717, 1.165) is 5.56 Å². The van der Waals surface area contributed by atoms with Gasteiger partial charge in [0.25, 0.3) is 0 Å². The molecule has 0 saturated heterocycles. The summed E-state index contributed by atoms with van der Waals surface area (Å²) in [5.41, 5.74) is -0.105. The van der Waals surface area contributed by atoms with Crippen LogP contribution in [0.3, 0.4) is 0 Å². The predicted octanol–water partition coefficient (Wildman–Crippen LogP) is 1.46.